The number of rotatable bonds is 5. The molecule has 0 heterocycles. The van der Waals surface area contributed by atoms with E-state index < -0.39 is 0 Å². The lowest BCUT2D eigenvalue weighted by atomic mass is 9.99. The first kappa shape index (κ1) is 10.8. The second-order valence-corrected chi connectivity index (χ2v) is 6.17. The average molecular weight is 215 g/mol. The molecule has 14 heavy (non-hydrogen) atoms. The van der Waals surface area contributed by atoms with Gasteiger partial charge < -0.3 is 10.8 Å². The van der Waals surface area contributed by atoms with Crippen LogP contribution in [0.3, 0.4) is 0 Å². The first-order valence-electron chi connectivity index (χ1n) is 5.76. The van der Waals surface area contributed by atoms with Gasteiger partial charge in [-0.3, -0.25) is 0 Å². The molecule has 2 aliphatic carbocycles. The van der Waals surface area contributed by atoms with E-state index in [9.17, 15) is 5.11 Å². The zero-order valence-corrected chi connectivity index (χ0v) is 9.56. The molecule has 2 saturated carbocycles. The molecule has 0 amide bonds. The number of aliphatic hydroxyl groups excluding tert-OH is 1. The lowest BCUT2D eigenvalue weighted by Crippen LogP contribution is -2.48. The highest BCUT2D eigenvalue weighted by molar-refractivity contribution is 8.00. The summed E-state index contributed by atoms with van der Waals surface area (Å²) < 4.78 is 0. The number of hydrogen-bond acceptors (Lipinski definition) is 3. The Morgan fingerprint density at radius 2 is 1.86 bits per heavy atom. The quantitative estimate of drug-likeness (QED) is 0.734. The molecule has 0 bridgehead atoms. The van der Waals surface area contributed by atoms with Crippen LogP contribution in [0.5, 0.6) is 0 Å². The molecule has 0 saturated heterocycles. The first-order chi connectivity index (χ1) is 6.74. The van der Waals surface area contributed by atoms with Gasteiger partial charge in [-0.1, -0.05) is 12.8 Å². The van der Waals surface area contributed by atoms with Crippen molar-refractivity contribution in [1.82, 2.24) is 0 Å². The van der Waals surface area contributed by atoms with Gasteiger partial charge in [-0.15, -0.1) is 0 Å². The Morgan fingerprint density at radius 1 is 1.21 bits per heavy atom. The number of hydrogen-bond donors (Lipinski definition) is 2. The molecule has 2 fully saturated rings. The minimum absolute atomic E-state index is 0.164. The predicted octanol–water partition coefficient (Wildman–Crippen LogP) is 1.76. The Balaban J connectivity index is 1.76. The summed E-state index contributed by atoms with van der Waals surface area (Å²) in [5.74, 6) is 1.56. The maximum Gasteiger partial charge on any atom is 0.0622 e. The van der Waals surface area contributed by atoms with Crippen molar-refractivity contribution in [2.45, 2.75) is 49.3 Å². The van der Waals surface area contributed by atoms with Crippen LogP contribution >= 0.6 is 11.8 Å². The first-order valence-corrected chi connectivity index (χ1v) is 6.81. The van der Waals surface area contributed by atoms with Crippen LogP contribution in [-0.4, -0.2) is 28.3 Å². The van der Waals surface area contributed by atoms with Crippen molar-refractivity contribution in [1.29, 1.82) is 0 Å². The van der Waals surface area contributed by atoms with Gasteiger partial charge >= 0.3 is 0 Å². The molecule has 2 rings (SSSR count). The predicted molar refractivity (Wildman–Crippen MR) is 61.4 cm³/mol. The fourth-order valence-electron chi connectivity index (χ4n) is 2.28. The summed E-state index contributed by atoms with van der Waals surface area (Å²) >= 11 is 2.00. The molecule has 82 valence electrons. The molecule has 1 unspecified atom stereocenters. The largest absolute Gasteiger partial charge is 0.394 e. The third kappa shape index (κ3) is 2.44. The van der Waals surface area contributed by atoms with Crippen molar-refractivity contribution in [2.75, 3.05) is 12.4 Å². The van der Waals surface area contributed by atoms with Gasteiger partial charge in [-0.25, -0.2) is 0 Å². The molecule has 0 aromatic heterocycles. The van der Waals surface area contributed by atoms with Gasteiger partial charge in [0.15, 0.2) is 0 Å². The van der Waals surface area contributed by atoms with Crippen molar-refractivity contribution in [3.8, 4) is 0 Å². The van der Waals surface area contributed by atoms with Crippen molar-refractivity contribution in [3.05, 3.63) is 0 Å². The van der Waals surface area contributed by atoms with Crippen molar-refractivity contribution in [2.24, 2.45) is 11.7 Å². The number of aliphatic hydroxyl groups is 1. The molecular formula is C11H21NOS. The van der Waals surface area contributed by atoms with Gasteiger partial charge in [-0.05, 0) is 31.6 Å². The molecule has 0 radical (unpaired) electrons. The van der Waals surface area contributed by atoms with E-state index in [2.05, 4.69) is 0 Å². The molecule has 3 N–H and O–H groups in total. The van der Waals surface area contributed by atoms with Gasteiger partial charge in [0.1, 0.15) is 0 Å². The highest BCUT2D eigenvalue weighted by Gasteiger charge is 2.42. The summed E-state index contributed by atoms with van der Waals surface area (Å²) in [6, 6.07) is 0. The van der Waals surface area contributed by atoms with Crippen LogP contribution in [0.2, 0.25) is 0 Å². The van der Waals surface area contributed by atoms with Crippen molar-refractivity contribution >= 4 is 11.8 Å². The van der Waals surface area contributed by atoms with Crippen LogP contribution in [0.15, 0.2) is 0 Å². The fourth-order valence-corrected chi connectivity index (χ4v) is 3.82. The van der Waals surface area contributed by atoms with Crippen LogP contribution in [0.25, 0.3) is 0 Å². The average Bonchev–Trinajstić information content (AvgIpc) is 2.94. The molecule has 0 aliphatic heterocycles. The normalized spacial score (nSPS) is 27.9. The van der Waals surface area contributed by atoms with E-state index >= 15 is 0 Å². The van der Waals surface area contributed by atoms with Crippen LogP contribution in [-0.2, 0) is 0 Å². The fraction of sp³-hybridized carbons (Fsp3) is 1.00. The number of nitrogens with two attached hydrogens (primary N) is 1. The summed E-state index contributed by atoms with van der Waals surface area (Å²) in [6.07, 6.45) is 7.94. The molecule has 1 atom stereocenters. The van der Waals surface area contributed by atoms with E-state index in [4.69, 9.17) is 5.73 Å². The highest BCUT2D eigenvalue weighted by atomic mass is 32.2. The Hall–Kier alpha value is 0.270. The summed E-state index contributed by atoms with van der Waals surface area (Å²) in [6.45, 7) is 0.164. The zero-order chi connectivity index (χ0) is 10.0. The topological polar surface area (TPSA) is 46.2 Å². The second-order valence-electron chi connectivity index (χ2n) is 4.88. The lowest BCUT2D eigenvalue weighted by molar-refractivity contribution is 0.194. The Morgan fingerprint density at radius 3 is 2.36 bits per heavy atom. The zero-order valence-electron chi connectivity index (χ0n) is 8.74. The van der Waals surface area contributed by atoms with Crippen molar-refractivity contribution in [3.63, 3.8) is 0 Å². The van der Waals surface area contributed by atoms with Crippen LogP contribution in [0.1, 0.15) is 38.5 Å². The van der Waals surface area contributed by atoms with Gasteiger partial charge in [0.05, 0.1) is 12.1 Å². The van der Waals surface area contributed by atoms with E-state index in [-0.39, 0.29) is 12.1 Å². The van der Waals surface area contributed by atoms with E-state index in [0.717, 1.165) is 11.0 Å². The van der Waals surface area contributed by atoms with Crippen molar-refractivity contribution < 1.29 is 5.11 Å². The standard InChI is InChI=1S/C11H21NOS/c12-11(7-13,9-5-6-9)8-14-10-3-1-2-4-10/h9-10,13H,1-8,12H2. The summed E-state index contributed by atoms with van der Waals surface area (Å²) in [5, 5.41) is 10.2. The Labute approximate surface area is 90.6 Å². The lowest BCUT2D eigenvalue weighted by Gasteiger charge is -2.28. The van der Waals surface area contributed by atoms with Gasteiger partial charge in [-0.2, -0.15) is 11.8 Å². The minimum atomic E-state index is -0.271. The molecular weight excluding hydrogens is 194 g/mol. The summed E-state index contributed by atoms with van der Waals surface area (Å²) in [7, 11) is 0. The summed E-state index contributed by atoms with van der Waals surface area (Å²) in [5.41, 5.74) is 5.94. The van der Waals surface area contributed by atoms with Gasteiger partial charge in [0, 0.05) is 11.0 Å². The van der Waals surface area contributed by atoms with E-state index in [1.165, 1.54) is 38.5 Å². The van der Waals surface area contributed by atoms with Gasteiger partial charge in [0.25, 0.3) is 0 Å². The maximum atomic E-state index is 9.33. The maximum absolute atomic E-state index is 9.33. The van der Waals surface area contributed by atoms with E-state index in [1.807, 2.05) is 11.8 Å². The molecule has 2 nitrogen and oxygen atoms in total. The van der Waals surface area contributed by atoms with Crippen LogP contribution in [0.4, 0.5) is 0 Å². The molecule has 0 aromatic carbocycles. The molecule has 2 aliphatic rings. The molecule has 0 spiro atoms. The SMILES string of the molecule is NC(CO)(CSC1CCCC1)C1CC1. The monoisotopic (exact) mass is 215 g/mol. The molecule has 0 aromatic rings. The minimum Gasteiger partial charge on any atom is -0.394 e. The van der Waals surface area contributed by atoms with E-state index in [1.54, 1.807) is 0 Å². The third-order valence-corrected chi connectivity index (χ3v) is 5.22. The van der Waals surface area contributed by atoms with Crippen LogP contribution < -0.4 is 5.73 Å². The third-order valence-electron chi connectivity index (χ3n) is 3.57. The highest BCUT2D eigenvalue weighted by Crippen LogP contribution is 2.41. The van der Waals surface area contributed by atoms with E-state index in [0.29, 0.717) is 5.92 Å². The number of thioether (sulfide) groups is 1. The Bertz CT molecular complexity index is 190. The molecule has 3 heteroatoms. The smallest absolute Gasteiger partial charge is 0.0622 e. The Kier molecular flexibility index (Phi) is 3.40. The second kappa shape index (κ2) is 4.42. The summed E-state index contributed by atoms with van der Waals surface area (Å²) in [4.78, 5) is 0. The van der Waals surface area contributed by atoms with Crippen LogP contribution in [0, 0.1) is 5.92 Å². The van der Waals surface area contributed by atoms with Gasteiger partial charge in [0.2, 0.25) is 0 Å².